The summed E-state index contributed by atoms with van der Waals surface area (Å²) in [5, 5.41) is 10.9. The molecular formula is C17H15FN2O6. The first-order valence-corrected chi connectivity index (χ1v) is 7.32. The summed E-state index contributed by atoms with van der Waals surface area (Å²) in [6.07, 6.45) is 5.77. The number of benzene rings is 1. The van der Waals surface area contributed by atoms with E-state index < -0.39 is 28.4 Å². The van der Waals surface area contributed by atoms with E-state index in [2.05, 4.69) is 4.74 Å². The Kier molecular flexibility index (Phi) is 5.51. The number of nitrogens with zero attached hydrogens (tertiary/aromatic N) is 2. The van der Waals surface area contributed by atoms with Crippen LogP contribution in [-0.2, 0) is 19.1 Å². The van der Waals surface area contributed by atoms with Crippen LogP contribution >= 0.6 is 0 Å². The fourth-order valence-corrected chi connectivity index (χ4v) is 2.41. The Morgan fingerprint density at radius 3 is 2.38 bits per heavy atom. The summed E-state index contributed by atoms with van der Waals surface area (Å²) in [7, 11) is 2.28. The van der Waals surface area contributed by atoms with E-state index in [0.717, 1.165) is 20.3 Å². The zero-order chi connectivity index (χ0) is 19.4. The normalized spacial score (nSPS) is 13.5. The molecule has 0 aliphatic carbocycles. The number of carbonyl (C=O) groups is 2. The monoisotopic (exact) mass is 362 g/mol. The van der Waals surface area contributed by atoms with E-state index in [4.69, 9.17) is 4.74 Å². The lowest BCUT2D eigenvalue weighted by atomic mass is 10.1. The van der Waals surface area contributed by atoms with Crippen LogP contribution in [0.1, 0.15) is 5.56 Å². The second-order valence-corrected chi connectivity index (χ2v) is 5.12. The largest absolute Gasteiger partial charge is 0.465 e. The van der Waals surface area contributed by atoms with Gasteiger partial charge in [-0.25, -0.2) is 9.59 Å². The predicted octanol–water partition coefficient (Wildman–Crippen LogP) is 2.53. The van der Waals surface area contributed by atoms with Crippen molar-refractivity contribution in [1.29, 1.82) is 0 Å². The van der Waals surface area contributed by atoms with Gasteiger partial charge in [-0.1, -0.05) is 6.08 Å². The zero-order valence-electron chi connectivity index (χ0n) is 14.2. The fraction of sp³-hybridized carbons (Fsp3) is 0.176. The molecule has 0 radical (unpaired) electrons. The number of carbonyl (C=O) groups excluding carboxylic acids is 2. The molecule has 0 atom stereocenters. The van der Waals surface area contributed by atoms with Gasteiger partial charge in [-0.15, -0.1) is 0 Å². The van der Waals surface area contributed by atoms with Gasteiger partial charge in [0, 0.05) is 17.8 Å². The van der Waals surface area contributed by atoms with Crippen molar-refractivity contribution < 1.29 is 28.4 Å². The van der Waals surface area contributed by atoms with Crippen molar-refractivity contribution in [2.45, 2.75) is 6.92 Å². The lowest BCUT2D eigenvalue weighted by Crippen LogP contribution is -2.27. The average Bonchev–Trinajstić information content (AvgIpc) is 2.85. The van der Waals surface area contributed by atoms with Crippen molar-refractivity contribution in [3.63, 3.8) is 0 Å². The minimum Gasteiger partial charge on any atom is -0.465 e. The average molecular weight is 362 g/mol. The minimum atomic E-state index is -1.04. The highest BCUT2D eigenvalue weighted by Gasteiger charge is 2.30. The number of hydrogen-bond donors (Lipinski definition) is 0. The summed E-state index contributed by atoms with van der Waals surface area (Å²) in [5.74, 6) is -2.70. The first-order valence-electron chi connectivity index (χ1n) is 7.32. The van der Waals surface area contributed by atoms with Gasteiger partial charge in [0.05, 0.1) is 30.4 Å². The van der Waals surface area contributed by atoms with Crippen molar-refractivity contribution in [1.82, 2.24) is 0 Å². The Bertz CT molecular complexity index is 872. The molecule has 0 unspecified atom stereocenters. The lowest BCUT2D eigenvalue weighted by Gasteiger charge is -2.24. The number of ether oxygens (including phenoxy) is 2. The lowest BCUT2D eigenvalue weighted by molar-refractivity contribution is -0.387. The Labute approximate surface area is 147 Å². The summed E-state index contributed by atoms with van der Waals surface area (Å²) in [6, 6.07) is 2.26. The van der Waals surface area contributed by atoms with Gasteiger partial charge in [0.25, 0.3) is 0 Å². The smallest absolute Gasteiger partial charge is 0.355 e. The maximum absolute atomic E-state index is 14.4. The second kappa shape index (κ2) is 7.60. The van der Waals surface area contributed by atoms with E-state index in [9.17, 15) is 24.1 Å². The van der Waals surface area contributed by atoms with Gasteiger partial charge in [-0.2, -0.15) is 4.39 Å². The van der Waals surface area contributed by atoms with Gasteiger partial charge in [-0.3, -0.25) is 10.1 Å². The van der Waals surface area contributed by atoms with Crippen molar-refractivity contribution in [2.75, 3.05) is 19.1 Å². The van der Waals surface area contributed by atoms with E-state index in [1.807, 2.05) is 0 Å². The molecule has 1 heterocycles. The van der Waals surface area contributed by atoms with Gasteiger partial charge < -0.3 is 14.4 Å². The standard InChI is InChI=1S/C17H15FN2O6/c1-10-12(7-8-13(14(10)18)20(23)24)19-9-5-4-6-11(16(21)25-2)15(19)17(22)26-3/h4-9H,1-3H3. The SMILES string of the molecule is COC(=O)C1=C(C(=O)OC)N(c2ccc([N+](=O)[O-])c(F)c2C)C=CC=C1. The molecule has 1 aromatic rings. The van der Waals surface area contributed by atoms with Gasteiger partial charge in [0.15, 0.2) is 0 Å². The molecule has 26 heavy (non-hydrogen) atoms. The molecule has 0 fully saturated rings. The molecule has 0 amide bonds. The van der Waals surface area contributed by atoms with Crippen molar-refractivity contribution in [3.05, 3.63) is 69.3 Å². The molecule has 0 saturated carbocycles. The highest BCUT2D eigenvalue weighted by Crippen LogP contribution is 2.33. The number of rotatable bonds is 4. The van der Waals surface area contributed by atoms with Crippen LogP contribution < -0.4 is 4.90 Å². The van der Waals surface area contributed by atoms with Crippen LogP contribution in [-0.4, -0.2) is 31.1 Å². The quantitative estimate of drug-likeness (QED) is 0.461. The number of halogens is 1. The molecule has 0 saturated heterocycles. The van der Waals surface area contributed by atoms with E-state index >= 15 is 0 Å². The van der Waals surface area contributed by atoms with Crippen LogP contribution in [0.2, 0.25) is 0 Å². The summed E-state index contributed by atoms with van der Waals surface area (Å²) < 4.78 is 23.8. The highest BCUT2D eigenvalue weighted by molar-refractivity contribution is 6.05. The van der Waals surface area contributed by atoms with Crippen LogP contribution in [0.15, 0.2) is 47.8 Å². The first kappa shape index (κ1) is 18.8. The van der Waals surface area contributed by atoms with Crippen LogP contribution in [0.4, 0.5) is 15.8 Å². The summed E-state index contributed by atoms with van der Waals surface area (Å²) in [5.41, 5.74) is -0.950. The molecule has 0 aromatic heterocycles. The molecule has 1 aliphatic rings. The molecule has 136 valence electrons. The highest BCUT2D eigenvalue weighted by atomic mass is 19.1. The molecule has 0 N–H and O–H groups in total. The number of methoxy groups -OCH3 is 2. The number of allylic oxidation sites excluding steroid dienone is 2. The Hall–Kier alpha value is -3.49. The van der Waals surface area contributed by atoms with Crippen LogP contribution in [0, 0.1) is 22.9 Å². The number of esters is 2. The van der Waals surface area contributed by atoms with Gasteiger partial charge >= 0.3 is 17.6 Å². The maximum atomic E-state index is 14.4. The van der Waals surface area contributed by atoms with Crippen molar-refractivity contribution in [2.24, 2.45) is 0 Å². The maximum Gasteiger partial charge on any atom is 0.355 e. The van der Waals surface area contributed by atoms with Crippen LogP contribution in [0.25, 0.3) is 0 Å². The van der Waals surface area contributed by atoms with Gasteiger partial charge in [-0.05, 0) is 25.1 Å². The predicted molar refractivity (Wildman–Crippen MR) is 89.6 cm³/mol. The minimum absolute atomic E-state index is 0.0728. The molecule has 2 rings (SSSR count). The number of nitro groups is 1. The third-order valence-electron chi connectivity index (χ3n) is 3.68. The molecule has 0 bridgehead atoms. The van der Waals surface area contributed by atoms with Crippen LogP contribution in [0.3, 0.4) is 0 Å². The Morgan fingerprint density at radius 1 is 1.15 bits per heavy atom. The Balaban J connectivity index is 2.74. The summed E-state index contributed by atoms with van der Waals surface area (Å²) in [6.45, 7) is 1.33. The molecule has 1 aromatic carbocycles. The first-order chi connectivity index (χ1) is 12.3. The van der Waals surface area contributed by atoms with E-state index in [0.29, 0.717) is 0 Å². The second-order valence-electron chi connectivity index (χ2n) is 5.12. The number of hydrogen-bond acceptors (Lipinski definition) is 7. The number of nitro benzene ring substituents is 1. The fourth-order valence-electron chi connectivity index (χ4n) is 2.41. The van der Waals surface area contributed by atoms with Crippen molar-refractivity contribution >= 4 is 23.3 Å². The molecule has 1 aliphatic heterocycles. The zero-order valence-corrected chi connectivity index (χ0v) is 14.2. The third kappa shape index (κ3) is 3.32. The van der Waals surface area contributed by atoms with Crippen LogP contribution in [0.5, 0.6) is 0 Å². The summed E-state index contributed by atoms with van der Waals surface area (Å²) in [4.78, 5) is 35.6. The van der Waals surface area contributed by atoms with Gasteiger partial charge in [0.2, 0.25) is 5.82 Å². The Morgan fingerprint density at radius 2 is 1.81 bits per heavy atom. The molecule has 8 nitrogen and oxygen atoms in total. The van der Waals surface area contributed by atoms with Gasteiger partial charge in [0.1, 0.15) is 5.70 Å². The summed E-state index contributed by atoms with van der Waals surface area (Å²) >= 11 is 0. The van der Waals surface area contributed by atoms with E-state index in [1.54, 1.807) is 0 Å². The molecular weight excluding hydrogens is 347 g/mol. The van der Waals surface area contributed by atoms with E-state index in [1.165, 1.54) is 42.3 Å². The van der Waals surface area contributed by atoms with Crippen molar-refractivity contribution in [3.8, 4) is 0 Å². The number of anilines is 1. The third-order valence-corrected chi connectivity index (χ3v) is 3.68. The topological polar surface area (TPSA) is 99.0 Å². The molecule has 9 heteroatoms. The molecule has 0 spiro atoms. The van der Waals surface area contributed by atoms with E-state index in [-0.39, 0.29) is 22.5 Å².